The van der Waals surface area contributed by atoms with Crippen molar-refractivity contribution in [3.05, 3.63) is 40.6 Å². The van der Waals surface area contributed by atoms with Gasteiger partial charge in [-0.2, -0.15) is 0 Å². The molecule has 0 aliphatic rings. The average molecular weight is 333 g/mol. The fourth-order valence-corrected chi connectivity index (χ4v) is 2.01. The van der Waals surface area contributed by atoms with Crippen molar-refractivity contribution in [2.24, 2.45) is 0 Å². The van der Waals surface area contributed by atoms with Crippen molar-refractivity contribution in [1.82, 2.24) is 9.88 Å². The van der Waals surface area contributed by atoms with Gasteiger partial charge in [-0.1, -0.05) is 0 Å². The van der Waals surface area contributed by atoms with Gasteiger partial charge in [0.05, 0.1) is 16.9 Å². The molecule has 9 heteroatoms. The molecule has 0 fully saturated rings. The van der Waals surface area contributed by atoms with E-state index in [0.717, 1.165) is 4.90 Å². The summed E-state index contributed by atoms with van der Waals surface area (Å²) in [6.07, 6.45) is 0.634. The van der Waals surface area contributed by atoms with Gasteiger partial charge in [-0.25, -0.2) is 4.79 Å². The number of nitro benzene ring substituents is 1. The van der Waals surface area contributed by atoms with Gasteiger partial charge in [-0.15, -0.1) is 0 Å². The number of likely N-dealkylation sites (N-methyl/N-ethyl adjacent to an activating group) is 1. The molecule has 2 aromatic rings. The zero-order valence-corrected chi connectivity index (χ0v) is 13.1. The zero-order valence-electron chi connectivity index (χ0n) is 13.1. The first kappa shape index (κ1) is 17.1. The number of pyridine rings is 1. The van der Waals surface area contributed by atoms with Crippen molar-refractivity contribution in [3.8, 4) is 5.75 Å². The molecule has 2 rings (SSSR count). The van der Waals surface area contributed by atoms with Crippen molar-refractivity contribution >= 4 is 28.7 Å². The molecule has 0 saturated heterocycles. The van der Waals surface area contributed by atoms with Gasteiger partial charge in [-0.3, -0.25) is 24.8 Å². The van der Waals surface area contributed by atoms with Gasteiger partial charge in [0.25, 0.3) is 5.69 Å². The molecule has 126 valence electrons. The maximum Gasteiger partial charge on any atom is 0.415 e. The molecule has 1 aromatic heterocycles. The lowest BCUT2D eigenvalue weighted by atomic mass is 10.1. The quantitative estimate of drug-likeness (QED) is 0.468. The summed E-state index contributed by atoms with van der Waals surface area (Å²) in [6.45, 7) is 1.59. The van der Waals surface area contributed by atoms with Crippen molar-refractivity contribution in [2.45, 2.75) is 6.92 Å². The van der Waals surface area contributed by atoms with E-state index >= 15 is 0 Å². The third-order valence-electron chi connectivity index (χ3n) is 3.09. The number of fused-ring (bicyclic) bond motifs is 1. The largest absolute Gasteiger partial charge is 0.465 e. The van der Waals surface area contributed by atoms with E-state index < -0.39 is 17.0 Å². The van der Waals surface area contributed by atoms with E-state index in [0.29, 0.717) is 0 Å². The number of esters is 1. The average Bonchev–Trinajstić information content (AvgIpc) is 2.54. The number of benzene rings is 1. The second-order valence-electron chi connectivity index (χ2n) is 4.77. The summed E-state index contributed by atoms with van der Waals surface area (Å²) in [5, 5.41) is 11.3. The SMILES string of the molecule is CCOC(=O)CN(C)C(=O)Oc1ccc([N+](=O)[O-])c2cccnc12. The van der Waals surface area contributed by atoms with Crippen molar-refractivity contribution in [3.63, 3.8) is 0 Å². The van der Waals surface area contributed by atoms with E-state index in [2.05, 4.69) is 4.98 Å². The molecule has 1 heterocycles. The maximum atomic E-state index is 12.0. The molecule has 1 amide bonds. The monoisotopic (exact) mass is 333 g/mol. The van der Waals surface area contributed by atoms with Crippen molar-refractivity contribution in [2.75, 3.05) is 20.2 Å². The Hall–Kier alpha value is -3.23. The number of hydrogen-bond acceptors (Lipinski definition) is 7. The highest BCUT2D eigenvalue weighted by Gasteiger charge is 2.20. The summed E-state index contributed by atoms with van der Waals surface area (Å²) < 4.78 is 9.95. The molecule has 9 nitrogen and oxygen atoms in total. The third-order valence-corrected chi connectivity index (χ3v) is 3.09. The number of rotatable bonds is 5. The standard InChI is InChI=1S/C15H15N3O6/c1-3-23-13(19)9-17(2)15(20)24-12-7-6-11(18(21)22)10-5-4-8-16-14(10)12/h4-8H,3,9H2,1-2H3. The Balaban J connectivity index is 2.24. The van der Waals surface area contributed by atoms with Crippen LogP contribution in [0.3, 0.4) is 0 Å². The zero-order chi connectivity index (χ0) is 17.7. The number of aromatic nitrogens is 1. The minimum atomic E-state index is -0.802. The highest BCUT2D eigenvalue weighted by Crippen LogP contribution is 2.31. The topological polar surface area (TPSA) is 112 Å². The maximum absolute atomic E-state index is 12.0. The van der Waals surface area contributed by atoms with Gasteiger partial charge >= 0.3 is 12.1 Å². The molecule has 0 spiro atoms. The normalized spacial score (nSPS) is 10.2. The first-order chi connectivity index (χ1) is 11.4. The Morgan fingerprint density at radius 3 is 2.75 bits per heavy atom. The van der Waals surface area contributed by atoms with Crippen LogP contribution >= 0.6 is 0 Å². The molecular weight excluding hydrogens is 318 g/mol. The van der Waals surface area contributed by atoms with Gasteiger partial charge in [0, 0.05) is 19.3 Å². The molecule has 0 aliphatic carbocycles. The number of nitrogens with zero attached hydrogens (tertiary/aromatic N) is 3. The fraction of sp³-hybridized carbons (Fsp3) is 0.267. The minimum Gasteiger partial charge on any atom is -0.465 e. The molecule has 24 heavy (non-hydrogen) atoms. The molecule has 0 bridgehead atoms. The predicted molar refractivity (Wildman–Crippen MR) is 83.7 cm³/mol. The Kier molecular flexibility index (Phi) is 5.25. The van der Waals surface area contributed by atoms with Gasteiger partial charge in [0.1, 0.15) is 12.1 Å². The number of ether oxygens (including phenoxy) is 2. The number of carbonyl (C=O) groups is 2. The van der Waals surface area contributed by atoms with Gasteiger partial charge in [0.2, 0.25) is 0 Å². The second kappa shape index (κ2) is 7.36. The molecule has 0 saturated carbocycles. The van der Waals surface area contributed by atoms with Crippen LogP contribution in [0, 0.1) is 10.1 Å². The lowest BCUT2D eigenvalue weighted by Gasteiger charge is -2.16. The van der Waals surface area contributed by atoms with Crippen LogP contribution in [-0.2, 0) is 9.53 Å². The van der Waals surface area contributed by atoms with Crippen LogP contribution in [0.1, 0.15) is 6.92 Å². The van der Waals surface area contributed by atoms with Crippen LogP contribution in [0.15, 0.2) is 30.5 Å². The van der Waals surface area contributed by atoms with Gasteiger partial charge < -0.3 is 9.47 Å². The fourth-order valence-electron chi connectivity index (χ4n) is 2.01. The van der Waals surface area contributed by atoms with Gasteiger partial charge in [-0.05, 0) is 25.1 Å². The van der Waals surface area contributed by atoms with Crippen molar-refractivity contribution in [1.29, 1.82) is 0 Å². The molecule has 0 radical (unpaired) electrons. The lowest BCUT2D eigenvalue weighted by molar-refractivity contribution is -0.383. The number of nitro groups is 1. The van der Waals surface area contributed by atoms with E-state index in [1.54, 1.807) is 13.0 Å². The van der Waals surface area contributed by atoms with E-state index in [1.165, 1.54) is 31.4 Å². The molecule has 0 atom stereocenters. The van der Waals surface area contributed by atoms with Crippen LogP contribution in [0.25, 0.3) is 10.9 Å². The molecular formula is C15H15N3O6. The smallest absolute Gasteiger partial charge is 0.415 e. The van der Waals surface area contributed by atoms with Crippen molar-refractivity contribution < 1.29 is 24.0 Å². The summed E-state index contributed by atoms with van der Waals surface area (Å²) in [7, 11) is 1.38. The lowest BCUT2D eigenvalue weighted by Crippen LogP contribution is -2.35. The summed E-state index contributed by atoms with van der Waals surface area (Å²) >= 11 is 0. The van der Waals surface area contributed by atoms with Crippen LogP contribution in [0.4, 0.5) is 10.5 Å². The highest BCUT2D eigenvalue weighted by molar-refractivity contribution is 5.93. The minimum absolute atomic E-state index is 0.0666. The van der Waals surface area contributed by atoms with E-state index in [9.17, 15) is 19.7 Å². The highest BCUT2D eigenvalue weighted by atomic mass is 16.6. The Morgan fingerprint density at radius 1 is 1.33 bits per heavy atom. The first-order valence-corrected chi connectivity index (χ1v) is 7.04. The second-order valence-corrected chi connectivity index (χ2v) is 4.77. The van der Waals surface area contributed by atoms with Gasteiger partial charge in [0.15, 0.2) is 5.75 Å². The van der Waals surface area contributed by atoms with Crippen LogP contribution in [0.2, 0.25) is 0 Å². The predicted octanol–water partition coefficient (Wildman–Crippen LogP) is 2.14. The molecule has 0 aliphatic heterocycles. The van der Waals surface area contributed by atoms with E-state index in [1.807, 2.05) is 0 Å². The third kappa shape index (κ3) is 3.75. The first-order valence-electron chi connectivity index (χ1n) is 7.04. The molecule has 0 unspecified atom stereocenters. The number of hydrogen-bond donors (Lipinski definition) is 0. The summed E-state index contributed by atoms with van der Waals surface area (Å²) in [5.41, 5.74) is 0.0439. The summed E-state index contributed by atoms with van der Waals surface area (Å²) in [6, 6.07) is 5.59. The summed E-state index contributed by atoms with van der Waals surface area (Å²) in [5.74, 6) is -0.499. The Morgan fingerprint density at radius 2 is 2.08 bits per heavy atom. The Bertz CT molecular complexity index is 792. The van der Waals surface area contributed by atoms with Crippen LogP contribution in [-0.4, -0.2) is 47.1 Å². The van der Waals surface area contributed by atoms with Crippen LogP contribution in [0.5, 0.6) is 5.75 Å². The van der Waals surface area contributed by atoms with Crippen LogP contribution < -0.4 is 4.74 Å². The number of carbonyl (C=O) groups excluding carboxylic acids is 2. The molecule has 0 N–H and O–H groups in total. The number of non-ortho nitro benzene ring substituents is 1. The number of amides is 1. The summed E-state index contributed by atoms with van der Waals surface area (Å²) in [4.78, 5) is 39.0. The Labute approximate surface area is 136 Å². The molecule has 1 aromatic carbocycles. The van der Waals surface area contributed by atoms with E-state index in [-0.39, 0.29) is 35.5 Å². The van der Waals surface area contributed by atoms with E-state index in [4.69, 9.17) is 9.47 Å².